The molecule has 106 valence electrons. The summed E-state index contributed by atoms with van der Waals surface area (Å²) in [5.74, 6) is 0.283. The molecule has 0 radical (unpaired) electrons. The fraction of sp³-hybridized carbons (Fsp3) is 0.308. The van der Waals surface area contributed by atoms with Gasteiger partial charge in [-0.2, -0.15) is 0 Å². The van der Waals surface area contributed by atoms with E-state index in [0.717, 1.165) is 22.3 Å². The van der Waals surface area contributed by atoms with Crippen LogP contribution in [0, 0.1) is 27.7 Å². The predicted molar refractivity (Wildman–Crippen MR) is 79.2 cm³/mol. The van der Waals surface area contributed by atoms with E-state index in [2.05, 4.69) is 5.10 Å². The maximum Gasteiger partial charge on any atom is 0.380 e. The minimum Gasteiger partial charge on any atom is -0.389 e. The van der Waals surface area contributed by atoms with Crippen LogP contribution in [-0.2, 0) is 0 Å². The highest BCUT2D eigenvalue weighted by atomic mass is 32.1. The van der Waals surface area contributed by atoms with Crippen molar-refractivity contribution in [2.75, 3.05) is 0 Å². The summed E-state index contributed by atoms with van der Waals surface area (Å²) in [7, 11) is 0. The topological polar surface area (TPSA) is 65.8 Å². The van der Waals surface area contributed by atoms with Crippen LogP contribution in [0.3, 0.4) is 0 Å². The Morgan fingerprint density at radius 2 is 1.90 bits per heavy atom. The first-order valence-corrected chi connectivity index (χ1v) is 6.42. The number of thiocarbonyl (C=S) groups is 1. The maximum absolute atomic E-state index is 13.3. The highest BCUT2D eigenvalue weighted by Gasteiger charge is 2.18. The zero-order chi connectivity index (χ0) is 15.2. The smallest absolute Gasteiger partial charge is 0.380 e. The van der Waals surface area contributed by atoms with Gasteiger partial charge < -0.3 is 5.73 Å². The molecule has 0 unspecified atom stereocenters. The lowest BCUT2D eigenvalue weighted by Gasteiger charge is -2.16. The van der Waals surface area contributed by atoms with E-state index in [-0.39, 0.29) is 10.7 Å². The summed E-state index contributed by atoms with van der Waals surface area (Å²) in [5, 5.41) is 3.51. The standard InChI is InChI=1S/C13H15FN4OS/c1-6-5-10(12(15)20)7(2)8(3)11(6)17-9(4)16-18(14)13(17)19/h5H,1-4H3,(H2,15,20). The molecule has 7 heteroatoms. The fourth-order valence-electron chi connectivity index (χ4n) is 2.36. The van der Waals surface area contributed by atoms with Gasteiger partial charge in [-0.05, 0) is 55.4 Å². The number of hydrogen-bond acceptors (Lipinski definition) is 3. The Hall–Kier alpha value is -2.02. The Morgan fingerprint density at radius 3 is 2.35 bits per heavy atom. The number of aryl methyl sites for hydroxylation is 2. The molecule has 0 aliphatic rings. The van der Waals surface area contributed by atoms with Crippen molar-refractivity contribution in [3.8, 4) is 5.69 Å². The average molecular weight is 294 g/mol. The van der Waals surface area contributed by atoms with Crippen LogP contribution in [0.5, 0.6) is 0 Å². The van der Waals surface area contributed by atoms with Gasteiger partial charge in [-0.3, -0.25) is 0 Å². The summed E-state index contributed by atoms with van der Waals surface area (Å²) < 4.78 is 14.5. The van der Waals surface area contributed by atoms with Crippen LogP contribution >= 0.6 is 12.2 Å². The van der Waals surface area contributed by atoms with Crippen molar-refractivity contribution in [2.45, 2.75) is 27.7 Å². The van der Waals surface area contributed by atoms with Crippen molar-refractivity contribution in [3.05, 3.63) is 44.6 Å². The first kappa shape index (κ1) is 14.4. The molecule has 0 bridgehead atoms. The first-order valence-electron chi connectivity index (χ1n) is 6.01. The van der Waals surface area contributed by atoms with Gasteiger partial charge in [0.1, 0.15) is 10.8 Å². The molecule has 0 atom stereocenters. The molecule has 0 saturated carbocycles. The Labute approximate surface area is 120 Å². The molecule has 2 N–H and O–H groups in total. The number of nitrogens with two attached hydrogens (primary N) is 1. The van der Waals surface area contributed by atoms with Gasteiger partial charge >= 0.3 is 5.69 Å². The third kappa shape index (κ3) is 2.03. The molecule has 0 saturated heterocycles. The summed E-state index contributed by atoms with van der Waals surface area (Å²) in [4.78, 5) is 12.0. The molecule has 1 aromatic heterocycles. The van der Waals surface area contributed by atoms with Crippen LogP contribution in [-0.4, -0.2) is 19.6 Å². The van der Waals surface area contributed by atoms with E-state index in [1.54, 1.807) is 13.0 Å². The largest absolute Gasteiger partial charge is 0.389 e. The van der Waals surface area contributed by atoms with Crippen LogP contribution in [0.1, 0.15) is 28.1 Å². The number of nitrogens with zero attached hydrogens (tertiary/aromatic N) is 3. The molecular formula is C13H15FN4OS. The summed E-state index contributed by atoms with van der Waals surface area (Å²) in [6.45, 7) is 7.12. The lowest BCUT2D eigenvalue weighted by atomic mass is 9.97. The Kier molecular flexibility index (Phi) is 3.47. The van der Waals surface area contributed by atoms with Crippen molar-refractivity contribution in [1.82, 2.24) is 14.6 Å². The van der Waals surface area contributed by atoms with Gasteiger partial charge in [0, 0.05) is 5.56 Å². The lowest BCUT2D eigenvalue weighted by Crippen LogP contribution is -2.23. The second-order valence-corrected chi connectivity index (χ2v) is 5.17. The van der Waals surface area contributed by atoms with Crippen LogP contribution < -0.4 is 11.4 Å². The van der Waals surface area contributed by atoms with Crippen LogP contribution in [0.4, 0.5) is 4.48 Å². The van der Waals surface area contributed by atoms with Crippen molar-refractivity contribution >= 4 is 17.2 Å². The van der Waals surface area contributed by atoms with E-state index in [4.69, 9.17) is 18.0 Å². The van der Waals surface area contributed by atoms with Crippen molar-refractivity contribution in [3.63, 3.8) is 0 Å². The van der Waals surface area contributed by atoms with Gasteiger partial charge in [-0.15, -0.1) is 5.10 Å². The molecule has 0 aliphatic heterocycles. The van der Waals surface area contributed by atoms with Crippen LogP contribution in [0.2, 0.25) is 0 Å². The summed E-state index contributed by atoms with van der Waals surface area (Å²) >= 11 is 5.02. The number of aromatic nitrogens is 3. The van der Waals surface area contributed by atoms with E-state index >= 15 is 0 Å². The molecule has 5 nitrogen and oxygen atoms in total. The zero-order valence-electron chi connectivity index (χ0n) is 11.7. The third-order valence-electron chi connectivity index (χ3n) is 3.45. The summed E-state index contributed by atoms with van der Waals surface area (Å²) in [6.07, 6.45) is 0. The summed E-state index contributed by atoms with van der Waals surface area (Å²) in [6, 6.07) is 1.81. The molecule has 0 spiro atoms. The Morgan fingerprint density at radius 1 is 1.30 bits per heavy atom. The molecule has 2 rings (SSSR count). The minimum atomic E-state index is -0.823. The Balaban J connectivity index is 2.86. The quantitative estimate of drug-likeness (QED) is 0.855. The SMILES string of the molecule is Cc1cc(C(N)=S)c(C)c(C)c1-n1c(C)nn(F)c1=O. The number of halogens is 1. The van der Waals surface area contributed by atoms with E-state index in [9.17, 15) is 9.28 Å². The van der Waals surface area contributed by atoms with Crippen molar-refractivity contribution in [1.29, 1.82) is 0 Å². The van der Waals surface area contributed by atoms with Gasteiger partial charge in [-0.1, -0.05) is 16.7 Å². The monoisotopic (exact) mass is 294 g/mol. The van der Waals surface area contributed by atoms with Crippen LogP contribution in [0.15, 0.2) is 10.9 Å². The molecule has 1 aromatic carbocycles. The van der Waals surface area contributed by atoms with Crippen molar-refractivity contribution < 1.29 is 4.48 Å². The third-order valence-corrected chi connectivity index (χ3v) is 3.67. The highest BCUT2D eigenvalue weighted by Crippen LogP contribution is 2.25. The van der Waals surface area contributed by atoms with E-state index in [0.29, 0.717) is 10.7 Å². The Bertz CT molecular complexity index is 776. The highest BCUT2D eigenvalue weighted by molar-refractivity contribution is 7.80. The lowest BCUT2D eigenvalue weighted by molar-refractivity contribution is 0.299. The summed E-state index contributed by atoms with van der Waals surface area (Å²) in [5.41, 5.74) is 8.73. The second-order valence-electron chi connectivity index (χ2n) is 4.73. The normalized spacial score (nSPS) is 10.8. The predicted octanol–water partition coefficient (Wildman–Crippen LogP) is 1.63. The molecular weight excluding hydrogens is 279 g/mol. The number of rotatable bonds is 2. The van der Waals surface area contributed by atoms with Gasteiger partial charge in [0.2, 0.25) is 0 Å². The molecule has 1 heterocycles. The molecule has 0 aliphatic carbocycles. The van der Waals surface area contributed by atoms with Crippen molar-refractivity contribution in [2.24, 2.45) is 5.73 Å². The minimum absolute atomic E-state index is 0.162. The second kappa shape index (κ2) is 4.82. The van der Waals surface area contributed by atoms with Gasteiger partial charge in [-0.25, -0.2) is 9.36 Å². The van der Waals surface area contributed by atoms with Gasteiger partial charge in [0.05, 0.1) is 5.69 Å². The molecule has 2 aromatic rings. The van der Waals surface area contributed by atoms with Gasteiger partial charge in [0.25, 0.3) is 0 Å². The molecule has 20 heavy (non-hydrogen) atoms. The maximum atomic E-state index is 13.3. The van der Waals surface area contributed by atoms with E-state index in [1.165, 1.54) is 4.57 Å². The van der Waals surface area contributed by atoms with Gasteiger partial charge in [0.15, 0.2) is 0 Å². The van der Waals surface area contributed by atoms with E-state index < -0.39 is 5.69 Å². The van der Waals surface area contributed by atoms with Crippen LogP contribution in [0.25, 0.3) is 5.69 Å². The van der Waals surface area contributed by atoms with E-state index in [1.807, 2.05) is 20.8 Å². The molecule has 0 fully saturated rings. The first-order chi connectivity index (χ1) is 9.25. The number of hydrogen-bond donors (Lipinski definition) is 1. The molecule has 0 amide bonds. The number of benzene rings is 1. The fourth-order valence-corrected chi connectivity index (χ4v) is 2.57. The zero-order valence-corrected chi connectivity index (χ0v) is 12.5. The average Bonchev–Trinajstić information content (AvgIpc) is 2.60.